The minimum absolute atomic E-state index is 1.20. The Hall–Kier alpha value is -0.561. The summed E-state index contributed by atoms with van der Waals surface area (Å²) >= 11 is 2.90. The van der Waals surface area contributed by atoms with Crippen molar-refractivity contribution in [2.45, 2.75) is 5.51 Å². The van der Waals surface area contributed by atoms with E-state index in [1.807, 2.05) is 30.3 Å². The fraction of sp³-hybridized carbons (Fsp3) is 0.143. The van der Waals surface area contributed by atoms with Crippen molar-refractivity contribution in [1.82, 2.24) is 0 Å². The maximum atomic E-state index is 10.7. The van der Waals surface area contributed by atoms with Gasteiger partial charge in [0, 0.05) is 0 Å². The fourth-order valence-electron chi connectivity index (χ4n) is 0.420. The van der Waals surface area contributed by atoms with Crippen molar-refractivity contribution >= 4 is 30.6 Å². The van der Waals surface area contributed by atoms with Crippen LogP contribution in [0.2, 0.25) is 0 Å². The summed E-state index contributed by atoms with van der Waals surface area (Å²) in [5.74, 6) is 0. The number of benzene rings is 1. The summed E-state index contributed by atoms with van der Waals surface area (Å²) in [6, 6.07) is 10.1. The second-order valence-electron chi connectivity index (χ2n) is 2.21. The second-order valence-corrected chi connectivity index (χ2v) is 4.57. The van der Waals surface area contributed by atoms with Crippen LogP contribution in [0.25, 0.3) is 0 Å². The quantitative estimate of drug-likeness (QED) is 0.399. The molecule has 1 aromatic carbocycles. The number of alkyl halides is 3. The average Bonchev–Trinajstić information content (AvgIpc) is 2.02. The third kappa shape index (κ3) is 6.51. The van der Waals surface area contributed by atoms with Crippen LogP contribution in [0.1, 0.15) is 0 Å². The maximum absolute atomic E-state index is 10.7. The number of hydrogen-bond acceptors (Lipinski definition) is 3. The van der Waals surface area contributed by atoms with Gasteiger partial charge in [0.15, 0.2) is 10.1 Å². The van der Waals surface area contributed by atoms with Crippen LogP contribution in [0.15, 0.2) is 30.3 Å². The van der Waals surface area contributed by atoms with Crippen LogP contribution in [0.3, 0.4) is 0 Å². The Morgan fingerprint density at radius 2 is 1.47 bits per heavy atom. The molecule has 0 heterocycles. The van der Waals surface area contributed by atoms with Crippen molar-refractivity contribution in [3.05, 3.63) is 30.3 Å². The van der Waals surface area contributed by atoms with Gasteiger partial charge in [-0.05, 0) is 0 Å². The second kappa shape index (κ2) is 5.50. The zero-order valence-corrected chi connectivity index (χ0v) is 9.59. The molecule has 3 nitrogen and oxygen atoms in total. The molecular formula is C7H5F3O3SSe. The molecule has 8 heteroatoms. The molecular weight excluding hydrogens is 300 g/mol. The molecule has 15 heavy (non-hydrogen) atoms. The van der Waals surface area contributed by atoms with Crippen molar-refractivity contribution in [2.24, 2.45) is 0 Å². The van der Waals surface area contributed by atoms with Crippen molar-refractivity contribution < 1.29 is 26.1 Å². The van der Waals surface area contributed by atoms with Gasteiger partial charge in [0.05, 0.1) is 0 Å². The minimum atomic E-state index is -6.09. The molecule has 84 valence electrons. The molecule has 0 fully saturated rings. The van der Waals surface area contributed by atoms with Crippen molar-refractivity contribution in [3.63, 3.8) is 0 Å². The summed E-state index contributed by atoms with van der Waals surface area (Å²) in [4.78, 5) is 0. The monoisotopic (exact) mass is 306 g/mol. The predicted molar refractivity (Wildman–Crippen MR) is 47.6 cm³/mol. The van der Waals surface area contributed by atoms with Crippen LogP contribution in [-0.4, -0.2) is 34.5 Å². The Balaban J connectivity index is 0.000000262. The van der Waals surface area contributed by atoms with Crippen molar-refractivity contribution in [1.29, 1.82) is 0 Å². The van der Waals surface area contributed by atoms with Gasteiger partial charge in [-0.1, -0.05) is 0 Å². The number of rotatable bonds is 0. The van der Waals surface area contributed by atoms with Gasteiger partial charge in [0.1, 0.15) is 0 Å². The summed E-state index contributed by atoms with van der Waals surface area (Å²) in [6.45, 7) is 0. The van der Waals surface area contributed by atoms with Crippen LogP contribution >= 0.6 is 0 Å². The van der Waals surface area contributed by atoms with E-state index in [2.05, 4.69) is 16.0 Å². The van der Waals surface area contributed by atoms with Crippen molar-refractivity contribution in [3.8, 4) is 0 Å². The first-order chi connectivity index (χ1) is 6.64. The third-order valence-corrected chi connectivity index (χ3v) is 2.16. The Kier molecular flexibility index (Phi) is 5.30. The van der Waals surface area contributed by atoms with Crippen molar-refractivity contribution in [2.75, 3.05) is 0 Å². The predicted octanol–water partition coefficient (Wildman–Crippen LogP) is 0.532. The topological polar surface area (TPSA) is 57.2 Å². The van der Waals surface area contributed by atoms with Gasteiger partial charge in [0.25, 0.3) is 0 Å². The molecule has 1 aromatic rings. The van der Waals surface area contributed by atoms with E-state index < -0.39 is 15.6 Å². The molecule has 2 radical (unpaired) electrons. The summed E-state index contributed by atoms with van der Waals surface area (Å²) in [5.41, 5.74) is -5.65. The Labute approximate surface area is 92.9 Å². The molecule has 0 amide bonds. The van der Waals surface area contributed by atoms with Crippen LogP contribution in [-0.2, 0) is 10.1 Å². The van der Waals surface area contributed by atoms with E-state index in [4.69, 9.17) is 13.0 Å². The number of hydrogen-bond donors (Lipinski definition) is 0. The molecule has 0 atom stereocenters. The van der Waals surface area contributed by atoms with E-state index >= 15 is 0 Å². The standard InChI is InChI=1S/C6H5Se.CHF3O3S/c7-6-4-2-1-3-5-6;2-1(3,4)8(5,6)7/h1-5H;(H,5,6,7)/q+1;/p-1. The first-order valence-electron chi connectivity index (χ1n) is 3.39. The van der Waals surface area contributed by atoms with E-state index in [9.17, 15) is 13.2 Å². The summed E-state index contributed by atoms with van der Waals surface area (Å²) in [7, 11) is -6.09. The molecule has 1 rings (SSSR count). The van der Waals surface area contributed by atoms with Gasteiger partial charge in [0.2, 0.25) is 0 Å². The Morgan fingerprint density at radius 1 is 1.13 bits per heavy atom. The molecule has 0 aliphatic carbocycles. The molecule has 0 N–H and O–H groups in total. The first-order valence-corrected chi connectivity index (χ1v) is 5.65. The Bertz CT molecular complexity index is 388. The van der Waals surface area contributed by atoms with Gasteiger partial charge in [-0.3, -0.25) is 0 Å². The molecule has 0 saturated carbocycles. The van der Waals surface area contributed by atoms with Gasteiger partial charge in [-0.25, -0.2) is 8.42 Å². The van der Waals surface area contributed by atoms with E-state index in [0.717, 1.165) is 0 Å². The van der Waals surface area contributed by atoms with E-state index in [1.165, 1.54) is 4.46 Å². The van der Waals surface area contributed by atoms with E-state index in [1.54, 1.807) is 0 Å². The third-order valence-electron chi connectivity index (χ3n) is 1.03. The van der Waals surface area contributed by atoms with Crippen LogP contribution in [0, 0.1) is 0 Å². The fourth-order valence-corrected chi connectivity index (χ4v) is 0.750. The van der Waals surface area contributed by atoms with Gasteiger partial charge >= 0.3 is 56.3 Å². The molecule has 0 spiro atoms. The Morgan fingerprint density at radius 3 is 1.60 bits per heavy atom. The van der Waals surface area contributed by atoms with Gasteiger partial charge in [-0.15, -0.1) is 0 Å². The molecule has 0 bridgehead atoms. The molecule has 0 unspecified atom stereocenters. The van der Waals surface area contributed by atoms with E-state index in [0.29, 0.717) is 0 Å². The first kappa shape index (κ1) is 14.4. The summed E-state index contributed by atoms with van der Waals surface area (Å²) in [6.07, 6.45) is 0. The van der Waals surface area contributed by atoms with Gasteiger partial charge in [-0.2, -0.15) is 13.2 Å². The number of halogens is 3. The van der Waals surface area contributed by atoms with Crippen LogP contribution in [0.5, 0.6) is 0 Å². The molecule has 0 saturated heterocycles. The van der Waals surface area contributed by atoms with Gasteiger partial charge < -0.3 is 4.55 Å². The average molecular weight is 305 g/mol. The zero-order valence-electron chi connectivity index (χ0n) is 7.06. The molecule has 0 aliphatic heterocycles. The summed E-state index contributed by atoms with van der Waals surface area (Å²) in [5, 5.41) is 0. The molecule has 0 aromatic heterocycles. The van der Waals surface area contributed by atoms with Crippen LogP contribution < -0.4 is 4.46 Å². The van der Waals surface area contributed by atoms with E-state index in [-0.39, 0.29) is 0 Å². The summed E-state index contributed by atoms with van der Waals surface area (Å²) < 4.78 is 60.1. The van der Waals surface area contributed by atoms with Crippen LogP contribution in [0.4, 0.5) is 13.2 Å². The normalized spacial score (nSPS) is 11.5. The zero-order chi connectivity index (χ0) is 12.1. The molecule has 0 aliphatic rings. The SMILES string of the molecule is O=S(=O)([O-])C(F)(F)F.[Se+]c1ccccc1.